The van der Waals surface area contributed by atoms with Crippen LogP contribution in [0.15, 0.2) is 29.2 Å². The number of halogens is 1. The molecule has 1 aromatic carbocycles. The van der Waals surface area contributed by atoms with Crippen molar-refractivity contribution in [1.82, 2.24) is 9.80 Å². The third kappa shape index (κ3) is 4.05. The zero-order valence-electron chi connectivity index (χ0n) is 13.8. The van der Waals surface area contributed by atoms with Gasteiger partial charge in [-0.25, -0.2) is 0 Å². The Bertz CT molecular complexity index is 884. The van der Waals surface area contributed by atoms with E-state index in [-0.39, 0.29) is 23.7 Å². The number of aliphatic carboxylic acids is 1. The third-order valence-corrected chi connectivity index (χ3v) is 5.65. The Labute approximate surface area is 168 Å². The highest BCUT2D eigenvalue weighted by Gasteiger charge is 2.48. The Morgan fingerprint density at radius 1 is 1.30 bits per heavy atom. The third-order valence-electron chi connectivity index (χ3n) is 4.07. The van der Waals surface area contributed by atoms with Crippen LogP contribution in [0, 0.1) is 0 Å². The molecule has 2 saturated heterocycles. The number of hydrogen-bond donors (Lipinski definition) is 1. The molecular formula is C17H13ClN2O5S2. The molecule has 2 heterocycles. The summed E-state index contributed by atoms with van der Waals surface area (Å²) in [6, 6.07) is 5.83. The molecule has 1 atom stereocenters. The van der Waals surface area contributed by atoms with E-state index in [1.54, 1.807) is 30.3 Å². The number of rotatable bonds is 5. The molecule has 3 amide bonds. The SMILES string of the molecule is O=C(O)CCN1C(=O)C[C@H](N2C(=O)/C(=C/c3ccc(Cl)cc3)SC2=S)C1=O. The average molecular weight is 425 g/mol. The van der Waals surface area contributed by atoms with Crippen LogP contribution in [-0.4, -0.2) is 55.5 Å². The standard InChI is InChI=1S/C17H13ClN2O5S2/c18-10-3-1-9(2-4-10)7-12-16(25)20(17(26)27-12)11-8-13(21)19(15(11)24)6-5-14(22)23/h1-4,7,11H,5-6,8H2,(H,22,23)/b12-7-/t11-/m0/s1. The molecular weight excluding hydrogens is 412 g/mol. The van der Waals surface area contributed by atoms with Gasteiger partial charge in [-0.3, -0.25) is 29.0 Å². The number of amides is 3. The summed E-state index contributed by atoms with van der Waals surface area (Å²) in [5.41, 5.74) is 0.747. The van der Waals surface area contributed by atoms with Crippen molar-refractivity contribution < 1.29 is 24.3 Å². The molecule has 2 aliphatic heterocycles. The lowest BCUT2D eigenvalue weighted by Crippen LogP contribution is -2.44. The molecule has 1 N–H and O–H groups in total. The van der Waals surface area contributed by atoms with E-state index in [1.165, 1.54) is 0 Å². The second-order valence-electron chi connectivity index (χ2n) is 5.85. The fourth-order valence-electron chi connectivity index (χ4n) is 2.77. The molecule has 0 unspecified atom stereocenters. The molecule has 0 bridgehead atoms. The van der Waals surface area contributed by atoms with E-state index in [2.05, 4.69) is 0 Å². The van der Waals surface area contributed by atoms with Crippen molar-refractivity contribution in [2.45, 2.75) is 18.9 Å². The van der Waals surface area contributed by atoms with E-state index in [4.69, 9.17) is 28.9 Å². The summed E-state index contributed by atoms with van der Waals surface area (Å²) in [6.45, 7) is -0.223. The van der Waals surface area contributed by atoms with Gasteiger partial charge in [0.05, 0.1) is 17.7 Å². The zero-order valence-corrected chi connectivity index (χ0v) is 16.1. The van der Waals surface area contributed by atoms with Gasteiger partial charge in [0.25, 0.3) is 11.8 Å². The van der Waals surface area contributed by atoms with Gasteiger partial charge in [0.2, 0.25) is 5.91 Å². The van der Waals surface area contributed by atoms with Crippen LogP contribution >= 0.6 is 35.6 Å². The number of carbonyl (C=O) groups excluding carboxylic acids is 3. The lowest BCUT2D eigenvalue weighted by molar-refractivity contribution is -0.142. The minimum Gasteiger partial charge on any atom is -0.481 e. The van der Waals surface area contributed by atoms with Gasteiger partial charge in [0, 0.05) is 11.6 Å². The highest BCUT2D eigenvalue weighted by Crippen LogP contribution is 2.36. The summed E-state index contributed by atoms with van der Waals surface area (Å²) in [6.07, 6.45) is 1.08. The topological polar surface area (TPSA) is 95.0 Å². The minimum atomic E-state index is -1.12. The maximum Gasteiger partial charge on any atom is 0.305 e. The lowest BCUT2D eigenvalue weighted by Gasteiger charge is -2.21. The largest absolute Gasteiger partial charge is 0.481 e. The maximum absolute atomic E-state index is 12.7. The van der Waals surface area contributed by atoms with Crippen molar-refractivity contribution in [3.8, 4) is 0 Å². The van der Waals surface area contributed by atoms with Crippen LogP contribution in [-0.2, 0) is 19.2 Å². The number of carbonyl (C=O) groups is 4. The van der Waals surface area contributed by atoms with E-state index < -0.39 is 29.7 Å². The van der Waals surface area contributed by atoms with Crippen molar-refractivity contribution in [3.63, 3.8) is 0 Å². The minimum absolute atomic E-state index is 0.187. The van der Waals surface area contributed by atoms with E-state index in [9.17, 15) is 19.2 Å². The Kier molecular flexibility index (Phi) is 5.64. The van der Waals surface area contributed by atoms with Crippen molar-refractivity contribution in [2.24, 2.45) is 0 Å². The summed E-state index contributed by atoms with van der Waals surface area (Å²) >= 11 is 12.1. The summed E-state index contributed by atoms with van der Waals surface area (Å²) in [4.78, 5) is 50.4. The summed E-state index contributed by atoms with van der Waals surface area (Å²) in [5, 5.41) is 9.31. The molecule has 27 heavy (non-hydrogen) atoms. The molecule has 0 saturated carbocycles. The number of nitrogens with zero attached hydrogens (tertiary/aromatic N) is 2. The normalized spacial score (nSPS) is 21.7. The van der Waals surface area contributed by atoms with Crippen molar-refractivity contribution in [3.05, 3.63) is 39.8 Å². The van der Waals surface area contributed by atoms with Gasteiger partial charge in [-0.2, -0.15) is 0 Å². The van der Waals surface area contributed by atoms with Gasteiger partial charge < -0.3 is 5.11 Å². The Morgan fingerprint density at radius 2 is 1.96 bits per heavy atom. The van der Waals surface area contributed by atoms with Crippen LogP contribution in [0.1, 0.15) is 18.4 Å². The highest BCUT2D eigenvalue weighted by molar-refractivity contribution is 8.26. The molecule has 0 aliphatic carbocycles. The van der Waals surface area contributed by atoms with Gasteiger partial charge in [-0.1, -0.05) is 47.7 Å². The molecule has 3 rings (SSSR count). The van der Waals surface area contributed by atoms with Gasteiger partial charge >= 0.3 is 5.97 Å². The zero-order chi connectivity index (χ0) is 19.7. The predicted molar refractivity (Wildman–Crippen MR) is 104 cm³/mol. The first-order valence-electron chi connectivity index (χ1n) is 7.86. The highest BCUT2D eigenvalue weighted by atomic mass is 35.5. The average Bonchev–Trinajstić information content (AvgIpc) is 3.03. The first-order chi connectivity index (χ1) is 12.8. The van der Waals surface area contributed by atoms with Gasteiger partial charge in [-0.05, 0) is 23.8 Å². The summed E-state index contributed by atoms with van der Waals surface area (Å²) < 4.78 is 0.187. The molecule has 10 heteroatoms. The van der Waals surface area contributed by atoms with Crippen molar-refractivity contribution in [2.75, 3.05) is 6.54 Å². The fraction of sp³-hybridized carbons (Fsp3) is 0.235. The number of carboxylic acids is 1. The maximum atomic E-state index is 12.7. The van der Waals surface area contributed by atoms with Crippen LogP contribution in [0.25, 0.3) is 6.08 Å². The smallest absolute Gasteiger partial charge is 0.305 e. The molecule has 0 spiro atoms. The number of carboxylic acid groups (broad SMARTS) is 1. The fourth-order valence-corrected chi connectivity index (χ4v) is 4.25. The number of hydrogen-bond acceptors (Lipinski definition) is 6. The quantitative estimate of drug-likeness (QED) is 0.439. The summed E-state index contributed by atoms with van der Waals surface area (Å²) in [7, 11) is 0. The second-order valence-corrected chi connectivity index (χ2v) is 7.96. The van der Waals surface area contributed by atoms with Gasteiger partial charge in [0.15, 0.2) is 0 Å². The number of thiocarbonyl (C=S) groups is 1. The molecule has 0 radical (unpaired) electrons. The Hall–Kier alpha value is -2.23. The molecule has 2 aliphatic rings. The van der Waals surface area contributed by atoms with Crippen LogP contribution in [0.2, 0.25) is 5.02 Å². The number of imide groups is 1. The van der Waals surface area contributed by atoms with E-state index in [0.29, 0.717) is 9.93 Å². The first-order valence-corrected chi connectivity index (χ1v) is 9.47. The first kappa shape index (κ1) is 19.5. The number of likely N-dealkylation sites (tertiary alicyclic amines) is 1. The lowest BCUT2D eigenvalue weighted by atomic mass is 10.2. The van der Waals surface area contributed by atoms with E-state index in [0.717, 1.165) is 27.1 Å². The monoisotopic (exact) mass is 424 g/mol. The van der Waals surface area contributed by atoms with Crippen LogP contribution in [0.5, 0.6) is 0 Å². The molecule has 140 valence electrons. The second kappa shape index (κ2) is 7.79. The molecule has 7 nitrogen and oxygen atoms in total. The number of thioether (sulfide) groups is 1. The molecule has 2 fully saturated rings. The summed E-state index contributed by atoms with van der Waals surface area (Å²) in [5.74, 6) is -2.69. The van der Waals surface area contributed by atoms with Gasteiger partial charge in [-0.15, -0.1) is 0 Å². The number of benzene rings is 1. The van der Waals surface area contributed by atoms with E-state index >= 15 is 0 Å². The van der Waals surface area contributed by atoms with Gasteiger partial charge in [0.1, 0.15) is 10.4 Å². The Morgan fingerprint density at radius 3 is 2.59 bits per heavy atom. The molecule has 1 aromatic rings. The predicted octanol–water partition coefficient (Wildman–Crippen LogP) is 2.14. The van der Waals surface area contributed by atoms with E-state index in [1.807, 2.05) is 0 Å². The molecule has 0 aromatic heterocycles. The van der Waals surface area contributed by atoms with Crippen LogP contribution < -0.4 is 0 Å². The van der Waals surface area contributed by atoms with Crippen molar-refractivity contribution in [1.29, 1.82) is 0 Å². The Balaban J connectivity index is 1.79. The van der Waals surface area contributed by atoms with Crippen LogP contribution in [0.3, 0.4) is 0 Å². The van der Waals surface area contributed by atoms with Crippen molar-refractivity contribution >= 4 is 69.7 Å². The van der Waals surface area contributed by atoms with Crippen LogP contribution in [0.4, 0.5) is 0 Å².